The van der Waals surface area contributed by atoms with Crippen molar-refractivity contribution in [3.63, 3.8) is 0 Å². The Morgan fingerprint density at radius 3 is 2.56 bits per heavy atom. The highest BCUT2D eigenvalue weighted by molar-refractivity contribution is 6.05. The Kier molecular flexibility index (Phi) is 3.20. The molecule has 0 fully saturated rings. The molecule has 0 radical (unpaired) electrons. The minimum atomic E-state index is -0.0280. The van der Waals surface area contributed by atoms with Crippen LogP contribution in [0.1, 0.15) is 18.4 Å². The number of allylic oxidation sites excluding steroid dienone is 2. The molecule has 0 aromatic heterocycles. The lowest BCUT2D eigenvalue weighted by molar-refractivity contribution is -0.112. The van der Waals surface area contributed by atoms with Crippen molar-refractivity contribution in [2.75, 3.05) is 5.32 Å². The quantitative estimate of drug-likeness (QED) is 0.803. The molecular formula is C14H15NO. The van der Waals surface area contributed by atoms with Gasteiger partial charge in [-0.3, -0.25) is 4.79 Å². The van der Waals surface area contributed by atoms with Crippen molar-refractivity contribution in [2.45, 2.75) is 19.8 Å². The molecule has 1 aromatic carbocycles. The number of carbonyl (C=O) groups is 1. The van der Waals surface area contributed by atoms with Gasteiger partial charge in [-0.2, -0.15) is 0 Å². The van der Waals surface area contributed by atoms with E-state index in [0.29, 0.717) is 0 Å². The molecule has 0 heterocycles. The molecule has 0 bridgehead atoms. The summed E-state index contributed by atoms with van der Waals surface area (Å²) in [6.07, 6.45) is 7.87. The maximum atomic E-state index is 11.8. The van der Waals surface area contributed by atoms with E-state index in [0.717, 1.165) is 24.1 Å². The molecule has 2 rings (SSSR count). The van der Waals surface area contributed by atoms with E-state index in [1.807, 2.05) is 49.4 Å². The number of hydrogen-bond acceptors (Lipinski definition) is 1. The van der Waals surface area contributed by atoms with Gasteiger partial charge in [0.2, 0.25) is 0 Å². The van der Waals surface area contributed by atoms with Gasteiger partial charge in [-0.1, -0.05) is 35.9 Å². The van der Waals surface area contributed by atoms with E-state index in [9.17, 15) is 4.79 Å². The van der Waals surface area contributed by atoms with Crippen LogP contribution < -0.4 is 5.32 Å². The molecule has 2 nitrogen and oxygen atoms in total. The summed E-state index contributed by atoms with van der Waals surface area (Å²) in [5, 5.41) is 2.88. The zero-order valence-electron chi connectivity index (χ0n) is 9.36. The zero-order valence-corrected chi connectivity index (χ0v) is 9.36. The molecule has 0 spiro atoms. The van der Waals surface area contributed by atoms with Crippen LogP contribution in [-0.2, 0) is 4.79 Å². The van der Waals surface area contributed by atoms with Crippen LogP contribution in [0.4, 0.5) is 5.69 Å². The van der Waals surface area contributed by atoms with E-state index < -0.39 is 0 Å². The largest absolute Gasteiger partial charge is 0.322 e. The molecule has 0 aliphatic heterocycles. The van der Waals surface area contributed by atoms with Crippen LogP contribution in [0.15, 0.2) is 48.1 Å². The summed E-state index contributed by atoms with van der Waals surface area (Å²) in [6.45, 7) is 2.03. The smallest absolute Gasteiger partial charge is 0.255 e. The number of carbonyl (C=O) groups excluding carboxylic acids is 1. The lowest BCUT2D eigenvalue weighted by atomic mass is 10.1. The first-order chi connectivity index (χ1) is 7.75. The van der Waals surface area contributed by atoms with Crippen molar-refractivity contribution in [3.8, 4) is 0 Å². The van der Waals surface area contributed by atoms with E-state index in [1.54, 1.807) is 0 Å². The van der Waals surface area contributed by atoms with E-state index in [1.165, 1.54) is 5.56 Å². The monoisotopic (exact) mass is 213 g/mol. The number of anilines is 1. The van der Waals surface area contributed by atoms with Crippen molar-refractivity contribution in [1.29, 1.82) is 0 Å². The third-order valence-corrected chi connectivity index (χ3v) is 2.57. The van der Waals surface area contributed by atoms with Gasteiger partial charge in [0.05, 0.1) is 0 Å². The summed E-state index contributed by atoms with van der Waals surface area (Å²) < 4.78 is 0. The molecule has 1 aliphatic carbocycles. The lowest BCUT2D eigenvalue weighted by Crippen LogP contribution is -2.13. The third kappa shape index (κ3) is 2.60. The molecule has 16 heavy (non-hydrogen) atoms. The van der Waals surface area contributed by atoms with Gasteiger partial charge < -0.3 is 5.32 Å². The van der Waals surface area contributed by atoms with Gasteiger partial charge in [-0.15, -0.1) is 0 Å². The summed E-state index contributed by atoms with van der Waals surface area (Å²) in [5.74, 6) is -0.0280. The van der Waals surface area contributed by atoms with Gasteiger partial charge >= 0.3 is 0 Å². The highest BCUT2D eigenvalue weighted by Gasteiger charge is 2.07. The van der Waals surface area contributed by atoms with Crippen LogP contribution in [0.2, 0.25) is 0 Å². The normalized spacial score (nSPS) is 14.4. The second-order valence-corrected chi connectivity index (χ2v) is 3.96. The fourth-order valence-corrected chi connectivity index (χ4v) is 1.62. The summed E-state index contributed by atoms with van der Waals surface area (Å²) in [7, 11) is 0. The van der Waals surface area contributed by atoms with Crippen molar-refractivity contribution in [2.24, 2.45) is 0 Å². The highest BCUT2D eigenvalue weighted by Crippen LogP contribution is 2.14. The zero-order chi connectivity index (χ0) is 11.4. The van der Waals surface area contributed by atoms with Crippen molar-refractivity contribution in [3.05, 3.63) is 53.6 Å². The Balaban J connectivity index is 2.04. The summed E-state index contributed by atoms with van der Waals surface area (Å²) in [4.78, 5) is 11.8. The van der Waals surface area contributed by atoms with Gasteiger partial charge in [-0.25, -0.2) is 0 Å². The first kappa shape index (κ1) is 10.7. The predicted octanol–water partition coefficient (Wildman–Crippen LogP) is 3.21. The maximum Gasteiger partial charge on any atom is 0.255 e. The van der Waals surface area contributed by atoms with Crippen molar-refractivity contribution in [1.82, 2.24) is 0 Å². The Labute approximate surface area is 95.7 Å². The van der Waals surface area contributed by atoms with Gasteiger partial charge in [0.1, 0.15) is 0 Å². The van der Waals surface area contributed by atoms with E-state index >= 15 is 0 Å². The number of rotatable bonds is 2. The van der Waals surface area contributed by atoms with E-state index in [2.05, 4.69) is 5.32 Å². The molecule has 0 unspecified atom stereocenters. The van der Waals surface area contributed by atoms with Crippen LogP contribution in [0.25, 0.3) is 0 Å². The molecule has 1 amide bonds. The standard InChI is InChI=1S/C14H15NO/c1-11-7-9-13(10-8-11)15-14(16)12-5-3-2-4-6-12/h3,5-10H,2,4H2,1H3,(H,15,16). The molecule has 1 aromatic rings. The Morgan fingerprint density at radius 2 is 1.94 bits per heavy atom. The van der Waals surface area contributed by atoms with Crippen molar-refractivity contribution < 1.29 is 4.79 Å². The van der Waals surface area contributed by atoms with E-state index in [4.69, 9.17) is 0 Å². The average molecular weight is 213 g/mol. The second kappa shape index (κ2) is 4.79. The number of benzene rings is 1. The minimum absolute atomic E-state index is 0.0280. The van der Waals surface area contributed by atoms with Crippen LogP contribution in [-0.4, -0.2) is 5.91 Å². The molecule has 0 saturated heterocycles. The lowest BCUT2D eigenvalue weighted by Gasteiger charge is -2.08. The van der Waals surface area contributed by atoms with Gasteiger partial charge in [0, 0.05) is 11.3 Å². The molecular weight excluding hydrogens is 198 g/mol. The summed E-state index contributed by atoms with van der Waals surface area (Å²) >= 11 is 0. The first-order valence-electron chi connectivity index (χ1n) is 5.50. The SMILES string of the molecule is Cc1ccc(NC(=O)C2=CCCC=C2)cc1. The minimum Gasteiger partial charge on any atom is -0.322 e. The van der Waals surface area contributed by atoms with E-state index in [-0.39, 0.29) is 5.91 Å². The van der Waals surface area contributed by atoms with Crippen LogP contribution >= 0.6 is 0 Å². The number of amides is 1. The first-order valence-corrected chi connectivity index (χ1v) is 5.50. The fourth-order valence-electron chi connectivity index (χ4n) is 1.62. The molecule has 1 N–H and O–H groups in total. The fraction of sp³-hybridized carbons (Fsp3) is 0.214. The molecule has 2 heteroatoms. The Hall–Kier alpha value is -1.83. The number of nitrogens with one attached hydrogen (secondary N) is 1. The van der Waals surface area contributed by atoms with Gasteiger partial charge in [-0.05, 0) is 31.9 Å². The number of hydrogen-bond donors (Lipinski definition) is 1. The van der Waals surface area contributed by atoms with Crippen LogP contribution in [0.5, 0.6) is 0 Å². The number of aryl methyl sites for hydroxylation is 1. The maximum absolute atomic E-state index is 11.8. The summed E-state index contributed by atoms with van der Waals surface area (Å²) in [6, 6.07) is 7.81. The second-order valence-electron chi connectivity index (χ2n) is 3.96. The van der Waals surface area contributed by atoms with Gasteiger partial charge in [0.15, 0.2) is 0 Å². The highest BCUT2D eigenvalue weighted by atomic mass is 16.1. The third-order valence-electron chi connectivity index (χ3n) is 2.57. The molecule has 0 saturated carbocycles. The van der Waals surface area contributed by atoms with Crippen LogP contribution in [0, 0.1) is 6.92 Å². The molecule has 1 aliphatic rings. The van der Waals surface area contributed by atoms with Gasteiger partial charge in [0.25, 0.3) is 5.91 Å². The Morgan fingerprint density at radius 1 is 1.19 bits per heavy atom. The van der Waals surface area contributed by atoms with Crippen LogP contribution in [0.3, 0.4) is 0 Å². The van der Waals surface area contributed by atoms with Crippen molar-refractivity contribution >= 4 is 11.6 Å². The Bertz CT molecular complexity index is 440. The molecule has 82 valence electrons. The summed E-state index contributed by atoms with van der Waals surface area (Å²) in [5.41, 5.74) is 2.79. The average Bonchev–Trinajstić information content (AvgIpc) is 2.33. The predicted molar refractivity (Wildman–Crippen MR) is 66.3 cm³/mol. The molecule has 0 atom stereocenters. The topological polar surface area (TPSA) is 29.1 Å².